The Morgan fingerprint density at radius 3 is 2.86 bits per heavy atom. The van der Waals surface area contributed by atoms with Gasteiger partial charge in [-0.05, 0) is 50.8 Å². The van der Waals surface area contributed by atoms with Gasteiger partial charge in [0, 0.05) is 45.9 Å². The average molecular weight is 401 g/mol. The Balaban J connectivity index is 1.27. The van der Waals surface area contributed by atoms with Gasteiger partial charge in [0.15, 0.2) is 5.58 Å². The van der Waals surface area contributed by atoms with Crippen LogP contribution in [0.1, 0.15) is 32.1 Å². The Hall–Kier alpha value is -2.12. The topological polar surface area (TPSA) is 70.8 Å². The maximum absolute atomic E-state index is 12.5. The monoisotopic (exact) mass is 400 g/mol. The van der Waals surface area contributed by atoms with Crippen molar-refractivity contribution in [2.24, 2.45) is 5.92 Å². The number of ether oxygens (including phenoxy) is 1. The van der Waals surface area contributed by atoms with E-state index in [1.165, 1.54) is 0 Å². The van der Waals surface area contributed by atoms with Gasteiger partial charge in [-0.25, -0.2) is 0 Å². The number of likely N-dealkylation sites (tertiary alicyclic amines) is 1. The van der Waals surface area contributed by atoms with Crippen molar-refractivity contribution >= 4 is 23.0 Å². The average Bonchev–Trinajstić information content (AvgIpc) is 3.21. The van der Waals surface area contributed by atoms with Crippen LogP contribution in [0, 0.1) is 5.92 Å². The fraction of sp³-hybridized carbons (Fsp3) is 0.636. The van der Waals surface area contributed by atoms with Gasteiger partial charge in [-0.3, -0.25) is 9.69 Å². The van der Waals surface area contributed by atoms with Gasteiger partial charge in [-0.2, -0.15) is 4.98 Å². The molecule has 7 nitrogen and oxygen atoms in total. The van der Waals surface area contributed by atoms with Crippen molar-refractivity contribution in [2.45, 2.75) is 38.1 Å². The summed E-state index contributed by atoms with van der Waals surface area (Å²) < 4.78 is 11.0. The van der Waals surface area contributed by atoms with E-state index in [4.69, 9.17) is 9.15 Å². The largest absolute Gasteiger partial charge is 0.423 e. The van der Waals surface area contributed by atoms with Crippen LogP contribution in [0.2, 0.25) is 0 Å². The van der Waals surface area contributed by atoms with E-state index in [0.717, 1.165) is 75.4 Å². The van der Waals surface area contributed by atoms with E-state index in [1.807, 2.05) is 24.3 Å². The van der Waals surface area contributed by atoms with Crippen molar-refractivity contribution < 1.29 is 13.9 Å². The molecule has 1 aromatic carbocycles. The van der Waals surface area contributed by atoms with E-state index in [2.05, 4.69) is 20.1 Å². The quantitative estimate of drug-likeness (QED) is 0.721. The summed E-state index contributed by atoms with van der Waals surface area (Å²) in [6, 6.07) is 9.19. The van der Waals surface area contributed by atoms with Crippen molar-refractivity contribution in [2.75, 3.05) is 51.3 Å². The maximum Gasteiger partial charge on any atom is 0.298 e. The standard InChI is InChI=1S/C22H32N4O3/c1-28-15-5-11-23-21(27)17-6-4-12-26(16-17)18-9-13-25(14-10-18)22-24-19-7-2-3-8-20(19)29-22/h2-3,7-8,17-18H,4-6,9-16H2,1H3,(H,23,27)/t17-/m1/s1. The molecule has 2 aromatic rings. The molecule has 1 aromatic heterocycles. The Labute approximate surface area is 172 Å². The number of anilines is 1. The van der Waals surface area contributed by atoms with E-state index >= 15 is 0 Å². The highest BCUT2D eigenvalue weighted by Crippen LogP contribution is 2.28. The number of piperidine rings is 2. The number of hydrogen-bond acceptors (Lipinski definition) is 6. The van der Waals surface area contributed by atoms with E-state index in [-0.39, 0.29) is 11.8 Å². The van der Waals surface area contributed by atoms with E-state index in [1.54, 1.807) is 7.11 Å². The van der Waals surface area contributed by atoms with Crippen LogP contribution in [-0.4, -0.2) is 68.3 Å². The van der Waals surface area contributed by atoms with Gasteiger partial charge in [0.25, 0.3) is 6.01 Å². The van der Waals surface area contributed by atoms with Crippen LogP contribution < -0.4 is 10.2 Å². The Bertz CT molecular complexity index is 767. The highest BCUT2D eigenvalue weighted by molar-refractivity contribution is 5.79. The number of carbonyl (C=O) groups excluding carboxylic acids is 1. The van der Waals surface area contributed by atoms with Gasteiger partial charge in [-0.15, -0.1) is 0 Å². The lowest BCUT2D eigenvalue weighted by molar-refractivity contribution is -0.127. The number of aromatic nitrogens is 1. The lowest BCUT2D eigenvalue weighted by Gasteiger charge is -2.41. The van der Waals surface area contributed by atoms with Crippen molar-refractivity contribution in [3.8, 4) is 0 Å². The predicted octanol–water partition coefficient (Wildman–Crippen LogP) is 2.66. The summed E-state index contributed by atoms with van der Waals surface area (Å²) in [5, 5.41) is 3.08. The molecule has 158 valence electrons. The Morgan fingerprint density at radius 1 is 1.24 bits per heavy atom. The van der Waals surface area contributed by atoms with Crippen LogP contribution in [0.3, 0.4) is 0 Å². The summed E-state index contributed by atoms with van der Waals surface area (Å²) in [5.74, 6) is 0.316. The van der Waals surface area contributed by atoms with Gasteiger partial charge in [-0.1, -0.05) is 12.1 Å². The number of oxazole rings is 1. The van der Waals surface area contributed by atoms with Crippen LogP contribution in [0.15, 0.2) is 28.7 Å². The molecule has 0 bridgehead atoms. The molecular weight excluding hydrogens is 368 g/mol. The molecule has 0 saturated carbocycles. The molecule has 3 heterocycles. The van der Waals surface area contributed by atoms with E-state index < -0.39 is 0 Å². The highest BCUT2D eigenvalue weighted by Gasteiger charge is 2.32. The normalized spacial score (nSPS) is 21.6. The number of rotatable bonds is 7. The third kappa shape index (κ3) is 4.90. The SMILES string of the molecule is COCCCNC(=O)[C@@H]1CCCN(C2CCN(c3nc4ccccc4o3)CC2)C1. The molecule has 4 rings (SSSR count). The molecule has 2 aliphatic heterocycles. The highest BCUT2D eigenvalue weighted by atomic mass is 16.5. The molecular formula is C22H32N4O3. The second-order valence-corrected chi connectivity index (χ2v) is 8.15. The zero-order chi connectivity index (χ0) is 20.1. The van der Waals surface area contributed by atoms with Gasteiger partial charge >= 0.3 is 0 Å². The second-order valence-electron chi connectivity index (χ2n) is 8.15. The molecule has 2 fully saturated rings. The summed E-state index contributed by atoms with van der Waals surface area (Å²) >= 11 is 0. The number of amides is 1. The molecule has 7 heteroatoms. The smallest absolute Gasteiger partial charge is 0.298 e. The summed E-state index contributed by atoms with van der Waals surface area (Å²) in [5.41, 5.74) is 1.76. The summed E-state index contributed by atoms with van der Waals surface area (Å²) in [6.07, 6.45) is 5.13. The zero-order valence-electron chi connectivity index (χ0n) is 17.3. The number of nitrogens with zero attached hydrogens (tertiary/aromatic N) is 3. The number of nitrogens with one attached hydrogen (secondary N) is 1. The van der Waals surface area contributed by atoms with Crippen molar-refractivity contribution in [1.29, 1.82) is 0 Å². The van der Waals surface area contributed by atoms with Crippen LogP contribution in [-0.2, 0) is 9.53 Å². The fourth-order valence-corrected chi connectivity index (χ4v) is 4.54. The van der Waals surface area contributed by atoms with Crippen molar-refractivity contribution in [3.05, 3.63) is 24.3 Å². The number of carbonyl (C=O) groups is 1. The first kappa shape index (κ1) is 20.2. The van der Waals surface area contributed by atoms with Crippen LogP contribution in [0.25, 0.3) is 11.1 Å². The summed E-state index contributed by atoms with van der Waals surface area (Å²) in [6.45, 7) is 5.26. The third-order valence-electron chi connectivity index (χ3n) is 6.18. The lowest BCUT2D eigenvalue weighted by atomic mass is 9.93. The maximum atomic E-state index is 12.5. The summed E-state index contributed by atoms with van der Waals surface area (Å²) in [4.78, 5) is 21.9. The third-order valence-corrected chi connectivity index (χ3v) is 6.18. The second kappa shape index (κ2) is 9.59. The first-order chi connectivity index (χ1) is 14.2. The van der Waals surface area contributed by atoms with Crippen LogP contribution in [0.4, 0.5) is 6.01 Å². The number of methoxy groups -OCH3 is 1. The molecule has 29 heavy (non-hydrogen) atoms. The Kier molecular flexibility index (Phi) is 6.67. The van der Waals surface area contributed by atoms with Gasteiger partial charge < -0.3 is 19.4 Å². The minimum absolute atomic E-state index is 0.112. The first-order valence-electron chi connectivity index (χ1n) is 10.9. The van der Waals surface area contributed by atoms with Crippen LogP contribution in [0.5, 0.6) is 0 Å². The minimum atomic E-state index is 0.112. The van der Waals surface area contributed by atoms with E-state index in [0.29, 0.717) is 19.2 Å². The molecule has 2 saturated heterocycles. The first-order valence-corrected chi connectivity index (χ1v) is 10.9. The zero-order valence-corrected chi connectivity index (χ0v) is 17.3. The summed E-state index contributed by atoms with van der Waals surface area (Å²) in [7, 11) is 1.69. The molecule has 0 unspecified atom stereocenters. The minimum Gasteiger partial charge on any atom is -0.423 e. The molecule has 1 N–H and O–H groups in total. The Morgan fingerprint density at radius 2 is 2.07 bits per heavy atom. The number of benzene rings is 1. The number of hydrogen-bond donors (Lipinski definition) is 1. The van der Waals surface area contributed by atoms with Gasteiger partial charge in [0.1, 0.15) is 5.52 Å². The lowest BCUT2D eigenvalue weighted by Crippen LogP contribution is -2.51. The van der Waals surface area contributed by atoms with E-state index in [9.17, 15) is 4.79 Å². The molecule has 0 radical (unpaired) electrons. The molecule has 0 aliphatic carbocycles. The van der Waals surface area contributed by atoms with Gasteiger partial charge in [0.2, 0.25) is 5.91 Å². The fourth-order valence-electron chi connectivity index (χ4n) is 4.54. The number of fused-ring (bicyclic) bond motifs is 1. The molecule has 0 spiro atoms. The molecule has 1 amide bonds. The van der Waals surface area contributed by atoms with Crippen LogP contribution >= 0.6 is 0 Å². The van der Waals surface area contributed by atoms with Gasteiger partial charge in [0.05, 0.1) is 5.92 Å². The van der Waals surface area contributed by atoms with Crippen molar-refractivity contribution in [3.63, 3.8) is 0 Å². The predicted molar refractivity (Wildman–Crippen MR) is 113 cm³/mol. The number of para-hydroxylation sites is 2. The van der Waals surface area contributed by atoms with Crippen molar-refractivity contribution in [1.82, 2.24) is 15.2 Å². The molecule has 2 aliphatic rings. The molecule has 1 atom stereocenters.